The highest BCUT2D eigenvalue weighted by atomic mass is 16.6. The van der Waals surface area contributed by atoms with Crippen molar-refractivity contribution in [1.29, 1.82) is 5.26 Å². The molecule has 4 bridgehead atoms. The molecule has 1 heterocycles. The third kappa shape index (κ3) is 7.38. The molecule has 5 rings (SSSR count). The number of azide groups is 1. The van der Waals surface area contributed by atoms with Crippen LogP contribution < -0.4 is 0 Å². The first-order valence-electron chi connectivity index (χ1n) is 14.6. The maximum Gasteiger partial charge on any atom is 0.411 e. The number of nitrogens with zero attached hydrogens (tertiary/aromatic N) is 6. The van der Waals surface area contributed by atoms with Crippen LogP contribution in [0.5, 0.6) is 0 Å². The van der Waals surface area contributed by atoms with Gasteiger partial charge in [0.25, 0.3) is 0 Å². The number of ether oxygens (including phenoxy) is 4. The molecule has 3 atom stereocenters. The van der Waals surface area contributed by atoms with Crippen LogP contribution in [-0.2, 0) is 23.7 Å². The van der Waals surface area contributed by atoms with Gasteiger partial charge in [-0.25, -0.2) is 4.79 Å². The van der Waals surface area contributed by atoms with E-state index in [1.54, 1.807) is 9.80 Å². The summed E-state index contributed by atoms with van der Waals surface area (Å²) < 4.78 is 23.5. The van der Waals surface area contributed by atoms with E-state index < -0.39 is 23.3 Å². The van der Waals surface area contributed by atoms with Gasteiger partial charge in [-0.2, -0.15) is 5.26 Å². The number of nitriles is 1. The molecule has 2 amide bonds. The van der Waals surface area contributed by atoms with Crippen molar-refractivity contribution < 1.29 is 28.5 Å². The highest BCUT2D eigenvalue weighted by molar-refractivity contribution is 5.83. The van der Waals surface area contributed by atoms with E-state index in [0.29, 0.717) is 70.8 Å². The fraction of sp³-hybridized carbons (Fsp3) is 0.893. The van der Waals surface area contributed by atoms with Gasteiger partial charge >= 0.3 is 6.09 Å². The van der Waals surface area contributed by atoms with Gasteiger partial charge in [0, 0.05) is 18.0 Å². The van der Waals surface area contributed by atoms with Gasteiger partial charge in [0.1, 0.15) is 18.2 Å². The normalized spacial score (nSPS) is 30.6. The van der Waals surface area contributed by atoms with Crippen LogP contribution in [0.25, 0.3) is 10.4 Å². The predicted octanol–water partition coefficient (Wildman–Crippen LogP) is 4.19. The fourth-order valence-corrected chi connectivity index (χ4v) is 7.57. The number of amides is 2. The molecule has 0 spiro atoms. The Morgan fingerprint density at radius 3 is 2.42 bits per heavy atom. The average molecular weight is 561 g/mol. The molecule has 1 aliphatic heterocycles. The molecular formula is C28H44N6O6. The molecule has 222 valence electrons. The Labute approximate surface area is 236 Å². The van der Waals surface area contributed by atoms with Crippen molar-refractivity contribution in [2.75, 3.05) is 52.7 Å². The Hall–Kier alpha value is -2.58. The van der Waals surface area contributed by atoms with Gasteiger partial charge in [-0.1, -0.05) is 5.11 Å². The van der Waals surface area contributed by atoms with Gasteiger partial charge < -0.3 is 23.8 Å². The largest absolute Gasteiger partial charge is 0.444 e. The number of hydrogen-bond donors (Lipinski definition) is 0. The molecule has 5 aliphatic rings. The monoisotopic (exact) mass is 560 g/mol. The van der Waals surface area contributed by atoms with E-state index >= 15 is 0 Å². The zero-order valence-corrected chi connectivity index (χ0v) is 24.2. The molecule has 4 saturated carbocycles. The summed E-state index contributed by atoms with van der Waals surface area (Å²) in [6, 6.07) is 1.81. The van der Waals surface area contributed by atoms with Gasteiger partial charge in [0.15, 0.2) is 0 Å². The molecule has 0 radical (unpaired) electrons. The molecule has 0 N–H and O–H groups in total. The van der Waals surface area contributed by atoms with Crippen molar-refractivity contribution in [1.82, 2.24) is 9.80 Å². The van der Waals surface area contributed by atoms with Crippen molar-refractivity contribution in [3.63, 3.8) is 0 Å². The Morgan fingerprint density at radius 2 is 1.77 bits per heavy atom. The van der Waals surface area contributed by atoms with Crippen molar-refractivity contribution in [3.8, 4) is 6.07 Å². The Balaban J connectivity index is 1.41. The van der Waals surface area contributed by atoms with Crippen molar-refractivity contribution >= 4 is 12.0 Å². The molecule has 40 heavy (non-hydrogen) atoms. The second kappa shape index (κ2) is 12.9. The molecule has 4 aliphatic carbocycles. The first kappa shape index (κ1) is 30.4. The first-order chi connectivity index (χ1) is 19.1. The van der Waals surface area contributed by atoms with Crippen LogP contribution in [0, 0.1) is 23.2 Å². The van der Waals surface area contributed by atoms with Crippen LogP contribution in [0.15, 0.2) is 5.11 Å². The summed E-state index contributed by atoms with van der Waals surface area (Å²) in [6.07, 6.45) is 6.38. The standard InChI is InChI=1S/C28H44N6O6/c1-26(2,3)40-25(36)34(19-24(35)33-7-4-5-23(33)18-29)27-14-21-13-22(15-27)17-28(16-21,20-27)39-12-11-38-10-9-37-8-6-31-32-30/h21-23H,4-17,19-20H2,1-3H3/t21?,22?,23-,27?,28?/m0/s1. The maximum atomic E-state index is 13.7. The van der Waals surface area contributed by atoms with E-state index in [1.165, 1.54) is 0 Å². The number of hydrogen-bond acceptors (Lipinski definition) is 8. The lowest BCUT2D eigenvalue weighted by Crippen LogP contribution is -2.68. The minimum absolute atomic E-state index is 0.0780. The van der Waals surface area contributed by atoms with Crippen LogP contribution in [0.2, 0.25) is 0 Å². The van der Waals surface area contributed by atoms with Gasteiger partial charge in [-0.05, 0) is 89.5 Å². The highest BCUT2D eigenvalue weighted by Gasteiger charge is 2.62. The van der Waals surface area contributed by atoms with Crippen LogP contribution in [-0.4, -0.2) is 97.3 Å². The number of carbonyl (C=O) groups excluding carboxylic acids is 2. The molecule has 12 nitrogen and oxygen atoms in total. The Bertz CT molecular complexity index is 988. The summed E-state index contributed by atoms with van der Waals surface area (Å²) in [4.78, 5) is 33.2. The van der Waals surface area contributed by atoms with Crippen LogP contribution >= 0.6 is 0 Å². The van der Waals surface area contributed by atoms with E-state index in [4.69, 9.17) is 24.5 Å². The SMILES string of the molecule is CC(C)(C)OC(=O)N(CC(=O)N1CCC[C@H]1C#N)C12CC3CC(CC(OCCOCCOCCN=[N+]=[N-])(C3)C1)C2. The summed E-state index contributed by atoms with van der Waals surface area (Å²) >= 11 is 0. The second-order valence-corrected chi connectivity index (χ2v) is 12.8. The molecule has 1 saturated heterocycles. The molecule has 0 aromatic carbocycles. The fourth-order valence-electron chi connectivity index (χ4n) is 7.57. The Morgan fingerprint density at radius 1 is 1.10 bits per heavy atom. The zero-order chi connectivity index (χ0) is 28.8. The second-order valence-electron chi connectivity index (χ2n) is 12.8. The summed E-state index contributed by atoms with van der Waals surface area (Å²) in [6.45, 7) is 8.37. The van der Waals surface area contributed by atoms with E-state index in [2.05, 4.69) is 16.1 Å². The summed E-state index contributed by atoms with van der Waals surface area (Å²) in [5.74, 6) is 0.659. The van der Waals surface area contributed by atoms with E-state index in [0.717, 1.165) is 38.5 Å². The topological polar surface area (TPSA) is 150 Å². The van der Waals surface area contributed by atoms with Crippen molar-refractivity contribution in [2.45, 2.75) is 94.9 Å². The summed E-state index contributed by atoms with van der Waals surface area (Å²) in [7, 11) is 0. The van der Waals surface area contributed by atoms with Crippen LogP contribution in [0.3, 0.4) is 0 Å². The molecule has 0 aromatic heterocycles. The molecule has 12 heteroatoms. The van der Waals surface area contributed by atoms with Crippen LogP contribution in [0.4, 0.5) is 4.79 Å². The first-order valence-corrected chi connectivity index (χ1v) is 14.6. The Kier molecular flexibility index (Phi) is 9.83. The number of carbonyl (C=O) groups is 2. The lowest BCUT2D eigenvalue weighted by Gasteiger charge is -2.64. The lowest BCUT2D eigenvalue weighted by molar-refractivity contribution is -0.202. The minimum atomic E-state index is -0.693. The third-order valence-corrected chi connectivity index (χ3v) is 8.59. The smallest absolute Gasteiger partial charge is 0.411 e. The quantitative estimate of drug-likeness (QED) is 0.142. The summed E-state index contributed by atoms with van der Waals surface area (Å²) in [5.41, 5.74) is 6.73. The van der Waals surface area contributed by atoms with E-state index in [9.17, 15) is 14.9 Å². The van der Waals surface area contributed by atoms with Gasteiger partial charge in [0.05, 0.1) is 50.2 Å². The maximum absolute atomic E-state index is 13.7. The van der Waals surface area contributed by atoms with Crippen molar-refractivity contribution in [3.05, 3.63) is 10.4 Å². The van der Waals surface area contributed by atoms with Gasteiger partial charge in [-0.15, -0.1) is 0 Å². The molecule has 5 fully saturated rings. The summed E-state index contributed by atoms with van der Waals surface area (Å²) in [5, 5.41) is 13.0. The average Bonchev–Trinajstić information content (AvgIpc) is 3.35. The molecule has 2 unspecified atom stereocenters. The zero-order valence-electron chi connectivity index (χ0n) is 24.2. The van der Waals surface area contributed by atoms with E-state index in [-0.39, 0.29) is 18.1 Å². The molecule has 0 aromatic rings. The molecular weight excluding hydrogens is 516 g/mol. The number of likely N-dealkylation sites (tertiary alicyclic amines) is 1. The van der Waals surface area contributed by atoms with Gasteiger partial charge in [0.2, 0.25) is 5.91 Å². The van der Waals surface area contributed by atoms with E-state index in [1.807, 2.05) is 20.8 Å². The van der Waals surface area contributed by atoms with Gasteiger partial charge in [-0.3, -0.25) is 9.69 Å². The van der Waals surface area contributed by atoms with Crippen molar-refractivity contribution in [2.24, 2.45) is 17.0 Å². The highest BCUT2D eigenvalue weighted by Crippen LogP contribution is 2.61. The minimum Gasteiger partial charge on any atom is -0.444 e. The predicted molar refractivity (Wildman–Crippen MR) is 145 cm³/mol. The van der Waals surface area contributed by atoms with Crippen LogP contribution in [0.1, 0.15) is 72.1 Å². The number of rotatable bonds is 13. The third-order valence-electron chi connectivity index (χ3n) is 8.59. The lowest BCUT2D eigenvalue weighted by atomic mass is 9.50.